The Morgan fingerprint density at radius 3 is 2.31 bits per heavy atom. The highest BCUT2D eigenvalue weighted by Gasteiger charge is 2.29. The highest BCUT2D eigenvalue weighted by molar-refractivity contribution is 7.87. The molecule has 0 fully saturated rings. The number of unbranched alkanes of at least 4 members (excludes halogenated alkanes) is 1. The topological polar surface area (TPSA) is 78.3 Å². The number of halogens is 1. The lowest BCUT2D eigenvalue weighted by Gasteiger charge is -2.15. The van der Waals surface area contributed by atoms with Crippen LogP contribution in [0, 0.1) is 13.8 Å². The number of rotatable bonds is 10. The first-order valence-electron chi connectivity index (χ1n) is 10.9. The quantitative estimate of drug-likeness (QED) is 0.302. The minimum Gasteiger partial charge on any atom is -0.361 e. The lowest BCUT2D eigenvalue weighted by atomic mass is 9.91. The number of aryl methyl sites for hydroxylation is 2. The first kappa shape index (κ1) is 26.1. The highest BCUT2D eigenvalue weighted by Crippen LogP contribution is 2.34. The summed E-state index contributed by atoms with van der Waals surface area (Å²) >= 11 is 6.47. The SMILES string of the molecule is CCCCn1nc(C)c(C(=O)c2ccc(Cl)c(C(C)=C(C)C)c2C)c1OS(=O)(=O)CCC. The van der Waals surface area contributed by atoms with Crippen LogP contribution in [0.1, 0.15) is 86.6 Å². The Morgan fingerprint density at radius 2 is 1.75 bits per heavy atom. The Labute approximate surface area is 196 Å². The zero-order valence-electron chi connectivity index (χ0n) is 20.0. The van der Waals surface area contributed by atoms with Crippen LogP contribution >= 0.6 is 11.6 Å². The van der Waals surface area contributed by atoms with Gasteiger partial charge in [0, 0.05) is 17.1 Å². The Hall–Kier alpha value is -2.12. The summed E-state index contributed by atoms with van der Waals surface area (Å²) in [5, 5.41) is 5.01. The number of hydrogen-bond acceptors (Lipinski definition) is 5. The molecule has 2 aromatic rings. The number of allylic oxidation sites excluding steroid dienone is 2. The number of hydrogen-bond donors (Lipinski definition) is 0. The molecule has 0 saturated carbocycles. The van der Waals surface area contributed by atoms with Crippen LogP contribution in [0.5, 0.6) is 5.88 Å². The summed E-state index contributed by atoms with van der Waals surface area (Å²) in [7, 11) is -3.85. The molecule has 0 aliphatic heterocycles. The molecular weight excluding hydrogens is 448 g/mol. The summed E-state index contributed by atoms with van der Waals surface area (Å²) in [6, 6.07) is 3.38. The molecule has 0 spiro atoms. The molecule has 1 aromatic carbocycles. The molecule has 0 bridgehead atoms. The second-order valence-corrected chi connectivity index (χ2v) is 10.3. The largest absolute Gasteiger partial charge is 0.361 e. The maximum atomic E-state index is 13.7. The van der Waals surface area contributed by atoms with Crippen LogP contribution in [-0.2, 0) is 16.7 Å². The molecule has 1 aromatic heterocycles. The summed E-state index contributed by atoms with van der Waals surface area (Å²) in [4.78, 5) is 13.7. The van der Waals surface area contributed by atoms with Crippen LogP contribution in [0.2, 0.25) is 5.02 Å². The second-order valence-electron chi connectivity index (χ2n) is 8.24. The average Bonchev–Trinajstić information content (AvgIpc) is 2.99. The number of aromatic nitrogens is 2. The van der Waals surface area contributed by atoms with Crippen molar-refractivity contribution in [3.05, 3.63) is 50.7 Å². The molecule has 0 unspecified atom stereocenters. The number of carbonyl (C=O) groups excluding carboxylic acids is 1. The lowest BCUT2D eigenvalue weighted by molar-refractivity contribution is 0.103. The van der Waals surface area contributed by atoms with Gasteiger partial charge in [-0.2, -0.15) is 13.5 Å². The van der Waals surface area contributed by atoms with Gasteiger partial charge in [-0.25, -0.2) is 4.68 Å². The maximum Gasteiger partial charge on any atom is 0.310 e. The first-order valence-corrected chi connectivity index (χ1v) is 12.9. The van der Waals surface area contributed by atoms with Crippen molar-refractivity contribution in [2.24, 2.45) is 0 Å². The fourth-order valence-electron chi connectivity index (χ4n) is 3.55. The van der Waals surface area contributed by atoms with E-state index in [2.05, 4.69) is 5.10 Å². The average molecular weight is 481 g/mol. The molecule has 1 heterocycles. The zero-order chi connectivity index (χ0) is 24.2. The van der Waals surface area contributed by atoms with Gasteiger partial charge < -0.3 is 4.18 Å². The van der Waals surface area contributed by atoms with E-state index in [0.717, 1.165) is 35.1 Å². The Kier molecular flexibility index (Phi) is 8.71. The summed E-state index contributed by atoms with van der Waals surface area (Å²) in [6.45, 7) is 13.8. The number of carbonyl (C=O) groups is 1. The predicted molar refractivity (Wildman–Crippen MR) is 130 cm³/mol. The van der Waals surface area contributed by atoms with Gasteiger partial charge in [0.25, 0.3) is 0 Å². The van der Waals surface area contributed by atoms with Crippen LogP contribution < -0.4 is 4.18 Å². The molecule has 0 atom stereocenters. The maximum absolute atomic E-state index is 13.7. The molecule has 8 heteroatoms. The summed E-state index contributed by atoms with van der Waals surface area (Å²) in [5.74, 6) is -0.476. The molecule has 0 aliphatic carbocycles. The van der Waals surface area contributed by atoms with Crippen LogP contribution in [-0.4, -0.2) is 29.7 Å². The van der Waals surface area contributed by atoms with Gasteiger partial charge >= 0.3 is 10.1 Å². The van der Waals surface area contributed by atoms with Crippen molar-refractivity contribution in [3.8, 4) is 5.88 Å². The Bertz CT molecular complexity index is 1140. The first-order chi connectivity index (χ1) is 14.9. The number of ketones is 1. The fraction of sp³-hybridized carbons (Fsp3) is 0.500. The van der Waals surface area contributed by atoms with E-state index in [0.29, 0.717) is 29.2 Å². The summed E-state index contributed by atoms with van der Waals surface area (Å²) < 4.78 is 31.9. The van der Waals surface area contributed by atoms with E-state index in [1.54, 1.807) is 26.0 Å². The zero-order valence-corrected chi connectivity index (χ0v) is 21.6. The summed E-state index contributed by atoms with van der Waals surface area (Å²) in [6.07, 6.45) is 2.09. The van der Waals surface area contributed by atoms with E-state index in [9.17, 15) is 13.2 Å². The van der Waals surface area contributed by atoms with Gasteiger partial charge in [0.2, 0.25) is 11.7 Å². The van der Waals surface area contributed by atoms with E-state index in [1.807, 2.05) is 34.6 Å². The molecule has 0 saturated heterocycles. The predicted octanol–water partition coefficient (Wildman–Crippen LogP) is 6.12. The van der Waals surface area contributed by atoms with Gasteiger partial charge in [0.15, 0.2) is 0 Å². The third-order valence-electron chi connectivity index (χ3n) is 5.48. The molecule has 6 nitrogen and oxygen atoms in total. The van der Waals surface area contributed by atoms with Gasteiger partial charge in [-0.15, -0.1) is 0 Å². The molecule has 0 radical (unpaired) electrons. The minimum absolute atomic E-state index is 0.00997. The van der Waals surface area contributed by atoms with Crippen molar-refractivity contribution >= 4 is 33.1 Å². The van der Waals surface area contributed by atoms with E-state index >= 15 is 0 Å². The van der Waals surface area contributed by atoms with Gasteiger partial charge in [-0.05, 0) is 76.3 Å². The number of benzene rings is 1. The van der Waals surface area contributed by atoms with E-state index in [-0.39, 0.29) is 23.0 Å². The molecule has 0 N–H and O–H groups in total. The van der Waals surface area contributed by atoms with Crippen LogP contribution in [0.3, 0.4) is 0 Å². The van der Waals surface area contributed by atoms with Crippen LogP contribution in [0.4, 0.5) is 0 Å². The standard InChI is InChI=1S/C24H33ClN2O4S/c1-8-10-13-27-24(31-32(29,30)14-9-2)22(18(7)26-27)23(28)19-11-12-20(25)21(17(19)6)16(5)15(3)4/h11-12H,8-10,13-14H2,1-7H3. The third kappa shape index (κ3) is 5.62. The van der Waals surface area contributed by atoms with Crippen molar-refractivity contribution < 1.29 is 17.4 Å². The highest BCUT2D eigenvalue weighted by atomic mass is 35.5. The Balaban J connectivity index is 2.70. The van der Waals surface area contributed by atoms with E-state index in [4.69, 9.17) is 15.8 Å². The van der Waals surface area contributed by atoms with Crippen LogP contribution in [0.15, 0.2) is 17.7 Å². The summed E-state index contributed by atoms with van der Waals surface area (Å²) in [5.41, 5.74) is 4.70. The van der Waals surface area contributed by atoms with Crippen molar-refractivity contribution in [1.82, 2.24) is 9.78 Å². The van der Waals surface area contributed by atoms with Gasteiger partial charge in [0.1, 0.15) is 5.56 Å². The lowest BCUT2D eigenvalue weighted by Crippen LogP contribution is -2.18. The number of nitrogens with zero attached hydrogens (tertiary/aromatic N) is 2. The molecular formula is C24H33ClN2O4S. The van der Waals surface area contributed by atoms with Crippen molar-refractivity contribution in [1.29, 1.82) is 0 Å². The molecule has 0 amide bonds. The third-order valence-corrected chi connectivity index (χ3v) is 7.11. The fourth-order valence-corrected chi connectivity index (χ4v) is 4.89. The molecule has 176 valence electrons. The van der Waals surface area contributed by atoms with Crippen molar-refractivity contribution in [2.45, 2.75) is 74.3 Å². The van der Waals surface area contributed by atoms with Crippen LogP contribution in [0.25, 0.3) is 5.57 Å². The monoisotopic (exact) mass is 480 g/mol. The Morgan fingerprint density at radius 1 is 1.09 bits per heavy atom. The normalized spacial score (nSPS) is 11.5. The van der Waals surface area contributed by atoms with Crippen molar-refractivity contribution in [3.63, 3.8) is 0 Å². The smallest absolute Gasteiger partial charge is 0.310 e. The molecule has 2 rings (SSSR count). The molecule has 32 heavy (non-hydrogen) atoms. The molecule has 0 aliphatic rings. The van der Waals surface area contributed by atoms with Gasteiger partial charge in [0.05, 0.1) is 11.4 Å². The van der Waals surface area contributed by atoms with Gasteiger partial charge in [-0.1, -0.05) is 37.4 Å². The second kappa shape index (κ2) is 10.7. The van der Waals surface area contributed by atoms with Gasteiger partial charge in [-0.3, -0.25) is 4.79 Å². The van der Waals surface area contributed by atoms with E-state index < -0.39 is 10.1 Å². The minimum atomic E-state index is -3.85. The van der Waals surface area contributed by atoms with Crippen molar-refractivity contribution in [2.75, 3.05) is 5.75 Å². The van der Waals surface area contributed by atoms with E-state index in [1.165, 1.54) is 4.68 Å².